The molecule has 1 atom stereocenters. The van der Waals surface area contributed by atoms with Crippen LogP contribution in [0.2, 0.25) is 0 Å². The molecule has 1 N–H and O–H groups in total. The van der Waals surface area contributed by atoms with Gasteiger partial charge in [0.2, 0.25) is 0 Å². The van der Waals surface area contributed by atoms with Crippen LogP contribution in [-0.4, -0.2) is 52.9 Å². The molecule has 0 unspecified atom stereocenters. The van der Waals surface area contributed by atoms with Gasteiger partial charge >= 0.3 is 0 Å². The first-order chi connectivity index (χ1) is 13.5. The molecule has 0 amide bonds. The number of fused-ring (bicyclic) bond motifs is 1. The lowest BCUT2D eigenvalue weighted by Gasteiger charge is -2.36. The Hall–Kier alpha value is -2.21. The number of benzene rings is 1. The summed E-state index contributed by atoms with van der Waals surface area (Å²) in [5, 5.41) is 19.5. The Morgan fingerprint density at radius 3 is 2.68 bits per heavy atom. The van der Waals surface area contributed by atoms with Crippen LogP contribution in [-0.2, 0) is 6.42 Å². The SMILES string of the molecule is Cc1cc(O)c(-c2nnc3c(c2C2CC2)CCN3[C@@H]2CCCN(C)C2)c(F)c1. The second-order valence-corrected chi connectivity index (χ2v) is 8.68. The molecule has 1 saturated heterocycles. The smallest absolute Gasteiger partial charge is 0.155 e. The van der Waals surface area contributed by atoms with E-state index in [2.05, 4.69) is 27.0 Å². The number of phenols is 1. The lowest BCUT2D eigenvalue weighted by Crippen LogP contribution is -2.46. The molecule has 6 heteroatoms. The average Bonchev–Trinajstić information content (AvgIpc) is 3.38. The van der Waals surface area contributed by atoms with E-state index in [4.69, 9.17) is 0 Å². The number of aromatic hydroxyl groups is 1. The first kappa shape index (κ1) is 17.9. The van der Waals surface area contributed by atoms with E-state index in [1.807, 2.05) is 0 Å². The summed E-state index contributed by atoms with van der Waals surface area (Å²) in [5.74, 6) is 0.932. The quantitative estimate of drug-likeness (QED) is 0.879. The number of piperidine rings is 1. The maximum absolute atomic E-state index is 14.8. The normalized spacial score (nSPS) is 22.5. The summed E-state index contributed by atoms with van der Waals surface area (Å²) in [5.41, 5.74) is 3.79. The van der Waals surface area contributed by atoms with Crippen molar-refractivity contribution in [2.24, 2.45) is 0 Å². The van der Waals surface area contributed by atoms with Crippen LogP contribution in [0.1, 0.15) is 48.3 Å². The summed E-state index contributed by atoms with van der Waals surface area (Å²) < 4.78 is 14.8. The Balaban J connectivity index is 1.60. The Morgan fingerprint density at radius 2 is 1.96 bits per heavy atom. The lowest BCUT2D eigenvalue weighted by atomic mass is 9.95. The fraction of sp³-hybridized carbons (Fsp3) is 0.545. The van der Waals surface area contributed by atoms with Crippen molar-refractivity contribution in [2.75, 3.05) is 31.6 Å². The van der Waals surface area contributed by atoms with Crippen LogP contribution in [0.15, 0.2) is 12.1 Å². The molecule has 148 valence electrons. The zero-order valence-electron chi connectivity index (χ0n) is 16.6. The van der Waals surface area contributed by atoms with Crippen LogP contribution >= 0.6 is 0 Å². The molecule has 0 spiro atoms. The number of hydrogen-bond acceptors (Lipinski definition) is 5. The fourth-order valence-electron chi connectivity index (χ4n) is 4.99. The average molecular weight is 382 g/mol. The van der Waals surface area contributed by atoms with Crippen LogP contribution in [0.25, 0.3) is 11.3 Å². The molecule has 2 fully saturated rings. The minimum atomic E-state index is -0.419. The highest BCUT2D eigenvalue weighted by molar-refractivity contribution is 5.75. The van der Waals surface area contributed by atoms with E-state index >= 15 is 0 Å². The molecule has 5 rings (SSSR count). The van der Waals surface area contributed by atoms with Gasteiger partial charge in [0.15, 0.2) is 5.82 Å². The highest BCUT2D eigenvalue weighted by atomic mass is 19.1. The first-order valence-electron chi connectivity index (χ1n) is 10.4. The molecule has 0 bridgehead atoms. The van der Waals surface area contributed by atoms with Crippen LogP contribution in [0.3, 0.4) is 0 Å². The van der Waals surface area contributed by atoms with Crippen molar-refractivity contribution in [1.29, 1.82) is 0 Å². The number of hydrogen-bond donors (Lipinski definition) is 1. The highest BCUT2D eigenvalue weighted by Gasteiger charge is 2.38. The molecule has 0 radical (unpaired) electrons. The Kier molecular flexibility index (Phi) is 4.27. The summed E-state index contributed by atoms with van der Waals surface area (Å²) >= 11 is 0. The van der Waals surface area contributed by atoms with E-state index in [-0.39, 0.29) is 11.3 Å². The molecule has 3 heterocycles. The van der Waals surface area contributed by atoms with E-state index < -0.39 is 5.82 Å². The van der Waals surface area contributed by atoms with Crippen LogP contribution in [0.4, 0.5) is 10.2 Å². The summed E-state index contributed by atoms with van der Waals surface area (Å²) in [4.78, 5) is 4.80. The van der Waals surface area contributed by atoms with E-state index in [0.717, 1.165) is 50.3 Å². The van der Waals surface area contributed by atoms with Crippen molar-refractivity contribution in [1.82, 2.24) is 15.1 Å². The maximum Gasteiger partial charge on any atom is 0.155 e. The zero-order chi connectivity index (χ0) is 19.4. The van der Waals surface area contributed by atoms with Gasteiger partial charge in [-0.2, -0.15) is 0 Å². The van der Waals surface area contributed by atoms with E-state index in [9.17, 15) is 9.50 Å². The van der Waals surface area contributed by atoms with E-state index in [1.54, 1.807) is 13.0 Å². The number of halogens is 1. The van der Waals surface area contributed by atoms with Crippen LogP contribution < -0.4 is 4.90 Å². The van der Waals surface area contributed by atoms with Gasteiger partial charge in [0, 0.05) is 24.7 Å². The van der Waals surface area contributed by atoms with Gasteiger partial charge in [-0.3, -0.25) is 0 Å². The van der Waals surface area contributed by atoms with Gasteiger partial charge < -0.3 is 14.9 Å². The van der Waals surface area contributed by atoms with Gasteiger partial charge in [-0.1, -0.05) is 0 Å². The van der Waals surface area contributed by atoms with Gasteiger partial charge in [-0.05, 0) is 81.8 Å². The Bertz CT molecular complexity index is 904. The molecule has 1 aromatic heterocycles. The molecule has 2 aliphatic heterocycles. The van der Waals surface area contributed by atoms with Gasteiger partial charge in [-0.15, -0.1) is 10.2 Å². The molecule has 3 aliphatic rings. The molecule has 5 nitrogen and oxygen atoms in total. The number of likely N-dealkylation sites (N-methyl/N-ethyl adjacent to an activating group) is 1. The highest BCUT2D eigenvalue weighted by Crippen LogP contribution is 2.50. The molecule has 1 saturated carbocycles. The van der Waals surface area contributed by atoms with Crippen molar-refractivity contribution < 1.29 is 9.50 Å². The van der Waals surface area contributed by atoms with Crippen LogP contribution in [0, 0.1) is 12.7 Å². The summed E-state index contributed by atoms with van der Waals surface area (Å²) in [6, 6.07) is 3.54. The Labute approximate surface area is 165 Å². The minimum absolute atomic E-state index is 0.0441. The molecule has 1 aliphatic carbocycles. The first-order valence-corrected chi connectivity index (χ1v) is 10.4. The standard InChI is InChI=1S/C22H27FN4O/c1-13-10-17(23)20(18(28)11-13)21-19(14-5-6-14)16-7-9-27(22(16)25-24-21)15-4-3-8-26(2)12-15/h10-11,14-15,28H,3-9,12H2,1-2H3/t15-/m1/s1. The number of rotatable bonds is 3. The van der Waals surface area contributed by atoms with Gasteiger partial charge in [0.05, 0.1) is 5.56 Å². The second kappa shape index (κ2) is 6.69. The summed E-state index contributed by atoms with van der Waals surface area (Å²) in [7, 11) is 2.18. The van der Waals surface area contributed by atoms with Crippen molar-refractivity contribution in [3.63, 3.8) is 0 Å². The predicted molar refractivity (Wildman–Crippen MR) is 107 cm³/mol. The topological polar surface area (TPSA) is 52.5 Å². The fourth-order valence-corrected chi connectivity index (χ4v) is 4.99. The number of anilines is 1. The van der Waals surface area contributed by atoms with Crippen LogP contribution in [0.5, 0.6) is 5.75 Å². The van der Waals surface area contributed by atoms with Crippen molar-refractivity contribution in [3.05, 3.63) is 34.6 Å². The van der Waals surface area contributed by atoms with Crippen molar-refractivity contribution in [3.8, 4) is 17.0 Å². The largest absolute Gasteiger partial charge is 0.507 e. The lowest BCUT2D eigenvalue weighted by molar-refractivity contribution is 0.245. The molecule has 1 aromatic carbocycles. The third-order valence-electron chi connectivity index (χ3n) is 6.45. The zero-order valence-corrected chi connectivity index (χ0v) is 16.6. The molecular weight excluding hydrogens is 355 g/mol. The molecular formula is C22H27FN4O. The Morgan fingerprint density at radius 1 is 1.14 bits per heavy atom. The van der Waals surface area contributed by atoms with Crippen molar-refractivity contribution in [2.45, 2.75) is 51.0 Å². The number of nitrogens with zero attached hydrogens (tertiary/aromatic N) is 4. The predicted octanol–water partition coefficient (Wildman–Crippen LogP) is 3.63. The summed E-state index contributed by atoms with van der Waals surface area (Å²) in [6.07, 6.45) is 5.52. The second-order valence-electron chi connectivity index (χ2n) is 8.68. The number of aryl methyl sites for hydroxylation is 1. The molecule has 28 heavy (non-hydrogen) atoms. The minimum Gasteiger partial charge on any atom is -0.507 e. The van der Waals surface area contributed by atoms with Gasteiger partial charge in [0.1, 0.15) is 17.3 Å². The number of phenolic OH excluding ortho intramolecular Hbond substituents is 1. The number of likely N-dealkylation sites (tertiary alicyclic amines) is 1. The van der Waals surface area contributed by atoms with E-state index in [1.165, 1.54) is 24.5 Å². The number of aromatic nitrogens is 2. The molecule has 2 aromatic rings. The van der Waals surface area contributed by atoms with Crippen molar-refractivity contribution >= 4 is 5.82 Å². The van der Waals surface area contributed by atoms with Gasteiger partial charge in [-0.25, -0.2) is 4.39 Å². The third-order valence-corrected chi connectivity index (χ3v) is 6.45. The monoisotopic (exact) mass is 382 g/mol. The van der Waals surface area contributed by atoms with E-state index in [0.29, 0.717) is 23.2 Å². The summed E-state index contributed by atoms with van der Waals surface area (Å²) in [6.45, 7) is 4.94. The third kappa shape index (κ3) is 2.94. The van der Waals surface area contributed by atoms with Gasteiger partial charge in [0.25, 0.3) is 0 Å². The maximum atomic E-state index is 14.8.